The summed E-state index contributed by atoms with van der Waals surface area (Å²) in [5.41, 5.74) is -0.340. The van der Waals surface area contributed by atoms with E-state index in [0.29, 0.717) is 41.7 Å². The lowest BCUT2D eigenvalue weighted by atomic mass is 9.92. The number of anilines is 1. The van der Waals surface area contributed by atoms with Crippen LogP contribution in [0.4, 0.5) is 14.6 Å². The molecule has 0 atom stereocenters. The lowest BCUT2D eigenvalue weighted by Crippen LogP contribution is -2.34. The molecule has 6 rings (SSSR count). The van der Waals surface area contributed by atoms with Gasteiger partial charge in [-0.25, -0.2) is 13.8 Å². The number of aromatic nitrogens is 3. The molecule has 0 saturated carbocycles. The Bertz CT molecular complexity index is 1940. The van der Waals surface area contributed by atoms with Crippen LogP contribution in [-0.2, 0) is 6.42 Å². The highest BCUT2D eigenvalue weighted by atomic mass is 19.1. The van der Waals surface area contributed by atoms with E-state index in [4.69, 9.17) is 9.47 Å². The predicted molar refractivity (Wildman–Crippen MR) is 150 cm³/mol. The molecule has 0 spiro atoms. The number of benzene rings is 2. The van der Waals surface area contributed by atoms with Gasteiger partial charge in [-0.1, -0.05) is 0 Å². The Morgan fingerprint density at radius 3 is 2.55 bits per heavy atom. The maximum Gasteiger partial charge on any atom is 0.268 e. The predicted octanol–water partition coefficient (Wildman–Crippen LogP) is 5.63. The van der Waals surface area contributed by atoms with Gasteiger partial charge in [0.2, 0.25) is 0 Å². The van der Waals surface area contributed by atoms with Crippen LogP contribution in [0.2, 0.25) is 0 Å². The Morgan fingerprint density at radius 2 is 1.79 bits per heavy atom. The van der Waals surface area contributed by atoms with Crippen molar-refractivity contribution in [1.29, 1.82) is 0 Å². The number of amides is 1. The summed E-state index contributed by atoms with van der Waals surface area (Å²) in [4.78, 5) is 48.0. The highest BCUT2D eigenvalue weighted by molar-refractivity contribution is 6.06. The molecule has 9 nitrogen and oxygen atoms in total. The van der Waals surface area contributed by atoms with E-state index in [-0.39, 0.29) is 40.5 Å². The van der Waals surface area contributed by atoms with E-state index in [1.54, 1.807) is 37.6 Å². The van der Waals surface area contributed by atoms with Crippen LogP contribution >= 0.6 is 0 Å². The number of hydrogen-bond acceptors (Lipinski definition) is 7. The number of ether oxygens (including phenoxy) is 2. The number of nitrogens with one attached hydrogen (secondary N) is 1. The Kier molecular flexibility index (Phi) is 6.91. The zero-order valence-electron chi connectivity index (χ0n) is 22.2. The molecule has 0 bridgehead atoms. The second-order valence-electron chi connectivity index (χ2n) is 9.56. The number of Topliss-reactive ketones (excluding diaryl/α,β-unsaturated/α-hetero) is 1. The molecule has 0 fully saturated rings. The topological polar surface area (TPSA) is 112 Å². The number of fused-ring (bicyclic) bond motifs is 2. The molecule has 0 saturated heterocycles. The molecule has 5 aromatic rings. The van der Waals surface area contributed by atoms with Gasteiger partial charge >= 0.3 is 0 Å². The van der Waals surface area contributed by atoms with Gasteiger partial charge in [0.05, 0.1) is 24.5 Å². The van der Waals surface area contributed by atoms with Crippen LogP contribution in [0.5, 0.6) is 17.2 Å². The van der Waals surface area contributed by atoms with Crippen molar-refractivity contribution in [2.45, 2.75) is 19.3 Å². The van der Waals surface area contributed by atoms with Crippen LogP contribution in [0.1, 0.15) is 39.3 Å². The summed E-state index contributed by atoms with van der Waals surface area (Å²) in [7, 11) is 1.56. The van der Waals surface area contributed by atoms with Gasteiger partial charge < -0.3 is 14.8 Å². The Balaban J connectivity index is 1.30. The van der Waals surface area contributed by atoms with Crippen LogP contribution in [0, 0.1) is 11.6 Å². The zero-order valence-corrected chi connectivity index (χ0v) is 22.2. The van der Waals surface area contributed by atoms with Gasteiger partial charge in [-0.3, -0.25) is 23.9 Å². The maximum absolute atomic E-state index is 14.8. The Labute approximate surface area is 237 Å². The van der Waals surface area contributed by atoms with E-state index in [0.717, 1.165) is 22.1 Å². The molecule has 0 aliphatic heterocycles. The van der Waals surface area contributed by atoms with E-state index < -0.39 is 23.1 Å². The van der Waals surface area contributed by atoms with Gasteiger partial charge in [0.25, 0.3) is 11.5 Å². The first-order valence-corrected chi connectivity index (χ1v) is 13.0. The van der Waals surface area contributed by atoms with Crippen LogP contribution in [0.3, 0.4) is 0 Å². The number of carbonyl (C=O) groups is 2. The quantitative estimate of drug-likeness (QED) is 0.283. The number of carbonyl (C=O) groups excluding carboxylic acids is 2. The molecule has 42 heavy (non-hydrogen) atoms. The van der Waals surface area contributed by atoms with Crippen molar-refractivity contribution in [3.8, 4) is 22.9 Å². The van der Waals surface area contributed by atoms with Crippen LogP contribution in [0.25, 0.3) is 16.6 Å². The molecule has 1 aliphatic carbocycles. The minimum absolute atomic E-state index is 0.108. The third-order valence-electron chi connectivity index (χ3n) is 6.93. The van der Waals surface area contributed by atoms with Crippen LogP contribution in [0.15, 0.2) is 77.9 Å². The number of rotatable bonds is 6. The molecule has 1 amide bonds. The van der Waals surface area contributed by atoms with Gasteiger partial charge in [-0.05, 0) is 67.4 Å². The number of hydrogen-bond donors (Lipinski definition) is 1. The van der Waals surface area contributed by atoms with Gasteiger partial charge in [0, 0.05) is 35.3 Å². The summed E-state index contributed by atoms with van der Waals surface area (Å²) in [6.07, 6.45) is 4.00. The average Bonchev–Trinajstić information content (AvgIpc) is 2.98. The van der Waals surface area contributed by atoms with E-state index in [2.05, 4.69) is 15.3 Å². The molecule has 3 heterocycles. The molecule has 1 aliphatic rings. The highest BCUT2D eigenvalue weighted by Gasteiger charge is 2.27. The monoisotopic (exact) mass is 568 g/mol. The maximum atomic E-state index is 14.8. The molecule has 210 valence electrons. The Hall–Kier alpha value is -5.45. The van der Waals surface area contributed by atoms with E-state index in [1.165, 1.54) is 18.3 Å². The van der Waals surface area contributed by atoms with Crippen molar-refractivity contribution >= 4 is 28.4 Å². The molecular weight excluding hydrogens is 546 g/mol. The first kappa shape index (κ1) is 26.8. The number of ketones is 1. The molecule has 2 aromatic carbocycles. The van der Waals surface area contributed by atoms with Crippen molar-refractivity contribution in [3.05, 3.63) is 112 Å². The van der Waals surface area contributed by atoms with Gasteiger partial charge in [-0.15, -0.1) is 0 Å². The molecule has 3 aromatic heterocycles. The Morgan fingerprint density at radius 1 is 0.952 bits per heavy atom. The molecule has 1 N–H and O–H groups in total. The van der Waals surface area contributed by atoms with Crippen molar-refractivity contribution in [2.75, 3.05) is 12.4 Å². The fourth-order valence-electron chi connectivity index (χ4n) is 4.91. The SMILES string of the molecule is COc1ccc2nccc(Oc3ccc(NC(=O)c4cc5c(n(-c6ccc(F)cc6F)c4=O)CCCC5=O)nc3)c2c1. The normalized spacial score (nSPS) is 12.6. The minimum atomic E-state index is -0.993. The summed E-state index contributed by atoms with van der Waals surface area (Å²) in [6.45, 7) is 0. The van der Waals surface area contributed by atoms with Gasteiger partial charge in [-0.2, -0.15) is 0 Å². The lowest BCUT2D eigenvalue weighted by Gasteiger charge is -2.22. The molecule has 0 radical (unpaired) electrons. The van der Waals surface area contributed by atoms with Crippen LogP contribution < -0.4 is 20.3 Å². The summed E-state index contributed by atoms with van der Waals surface area (Å²) in [5, 5.41) is 3.28. The van der Waals surface area contributed by atoms with Gasteiger partial charge in [0.1, 0.15) is 40.3 Å². The summed E-state index contributed by atoms with van der Waals surface area (Å²) in [6, 6.07) is 14.2. The summed E-state index contributed by atoms with van der Waals surface area (Å²) >= 11 is 0. The third kappa shape index (κ3) is 4.96. The van der Waals surface area contributed by atoms with Crippen molar-refractivity contribution in [3.63, 3.8) is 0 Å². The minimum Gasteiger partial charge on any atom is -0.497 e. The third-order valence-corrected chi connectivity index (χ3v) is 6.93. The number of nitrogens with zero attached hydrogens (tertiary/aromatic N) is 3. The van der Waals surface area contributed by atoms with Crippen molar-refractivity contribution in [2.24, 2.45) is 0 Å². The van der Waals surface area contributed by atoms with E-state index in [1.807, 2.05) is 6.07 Å². The van der Waals surface area contributed by atoms with Gasteiger partial charge in [0.15, 0.2) is 5.78 Å². The largest absolute Gasteiger partial charge is 0.497 e. The number of pyridine rings is 3. The first-order chi connectivity index (χ1) is 20.3. The fraction of sp³-hybridized carbons (Fsp3) is 0.129. The summed E-state index contributed by atoms with van der Waals surface area (Å²) in [5.74, 6) is -1.29. The molecular formula is C31H22F2N4O5. The van der Waals surface area contributed by atoms with Crippen LogP contribution in [-0.4, -0.2) is 33.3 Å². The zero-order chi connectivity index (χ0) is 29.4. The second-order valence-corrected chi connectivity index (χ2v) is 9.56. The molecule has 11 heteroatoms. The van der Waals surface area contributed by atoms with Crippen molar-refractivity contribution in [1.82, 2.24) is 14.5 Å². The van der Waals surface area contributed by atoms with E-state index >= 15 is 0 Å². The number of halogens is 2. The van der Waals surface area contributed by atoms with Crippen molar-refractivity contribution < 1.29 is 27.8 Å². The first-order valence-electron chi connectivity index (χ1n) is 13.0. The molecule has 0 unspecified atom stereocenters. The lowest BCUT2D eigenvalue weighted by molar-refractivity contribution is 0.0970. The average molecular weight is 569 g/mol. The van der Waals surface area contributed by atoms with E-state index in [9.17, 15) is 23.2 Å². The second kappa shape index (κ2) is 10.8. The fourth-order valence-corrected chi connectivity index (χ4v) is 4.91. The standard InChI is InChI=1S/C31H22F2N4O5/c1-41-18-6-8-24-20(14-18)28(11-12-34-24)42-19-7-10-29(35-16-19)36-30(39)22-15-21-25(3-2-4-27(21)38)37(31(22)40)26-9-5-17(32)13-23(26)33/h5-16H,2-4H2,1H3,(H,35,36,39). The highest BCUT2D eigenvalue weighted by Crippen LogP contribution is 2.31. The number of methoxy groups -OCH3 is 1. The smallest absolute Gasteiger partial charge is 0.268 e. The summed E-state index contributed by atoms with van der Waals surface area (Å²) < 4.78 is 40.6.